The van der Waals surface area contributed by atoms with Gasteiger partial charge < -0.3 is 4.52 Å². The van der Waals surface area contributed by atoms with Crippen molar-refractivity contribution in [1.82, 2.24) is 25.1 Å². The zero-order valence-corrected chi connectivity index (χ0v) is 13.1. The molecule has 122 valence electrons. The van der Waals surface area contributed by atoms with Gasteiger partial charge >= 0.3 is 0 Å². The fourth-order valence-corrected chi connectivity index (χ4v) is 2.84. The first kappa shape index (κ1) is 14.2. The average molecular weight is 333 g/mol. The Kier molecular flexibility index (Phi) is 3.06. The van der Waals surface area contributed by atoms with E-state index in [2.05, 4.69) is 25.1 Å². The summed E-state index contributed by atoms with van der Waals surface area (Å²) < 4.78 is 19.2. The van der Waals surface area contributed by atoms with E-state index in [9.17, 15) is 4.39 Å². The Morgan fingerprint density at radius 3 is 2.80 bits per heavy atom. The van der Waals surface area contributed by atoms with Gasteiger partial charge in [-0.25, -0.2) is 9.37 Å². The molecule has 3 heterocycles. The van der Waals surface area contributed by atoms with Crippen LogP contribution in [0.25, 0.3) is 33.9 Å². The van der Waals surface area contributed by atoms with E-state index in [0.29, 0.717) is 34.3 Å². The number of nitrogens with zero attached hydrogens (tertiary/aromatic N) is 5. The van der Waals surface area contributed by atoms with Crippen molar-refractivity contribution in [3.05, 3.63) is 54.4 Å². The van der Waals surface area contributed by atoms with Crippen LogP contribution in [-0.4, -0.2) is 25.1 Å². The predicted octanol–water partition coefficient (Wildman–Crippen LogP) is 3.76. The summed E-state index contributed by atoms with van der Waals surface area (Å²) in [7, 11) is 0. The molecule has 7 heteroatoms. The maximum atomic E-state index is 13.8. The Morgan fingerprint density at radius 2 is 2.00 bits per heavy atom. The van der Waals surface area contributed by atoms with Gasteiger partial charge in [0.15, 0.2) is 0 Å². The van der Waals surface area contributed by atoms with Crippen LogP contribution in [-0.2, 0) is 0 Å². The van der Waals surface area contributed by atoms with Gasteiger partial charge in [-0.3, -0.25) is 9.97 Å². The Bertz CT molecular complexity index is 1080. The zero-order chi connectivity index (χ0) is 16.8. The highest BCUT2D eigenvalue weighted by Gasteiger charge is 2.27. The fraction of sp³-hybridized carbons (Fsp3) is 0.167. The van der Waals surface area contributed by atoms with E-state index in [4.69, 9.17) is 4.52 Å². The quantitative estimate of drug-likeness (QED) is 0.568. The number of fused-ring (bicyclic) bond motifs is 1. The van der Waals surface area contributed by atoms with E-state index in [-0.39, 0.29) is 5.82 Å². The third kappa shape index (κ3) is 2.53. The molecule has 0 spiro atoms. The summed E-state index contributed by atoms with van der Waals surface area (Å²) >= 11 is 0. The number of hydrogen-bond acceptors (Lipinski definition) is 6. The lowest BCUT2D eigenvalue weighted by atomic mass is 10.1. The molecule has 1 aromatic carbocycles. The largest absolute Gasteiger partial charge is 0.334 e. The molecule has 1 aliphatic carbocycles. The van der Waals surface area contributed by atoms with E-state index in [1.807, 2.05) is 6.07 Å². The van der Waals surface area contributed by atoms with Crippen molar-refractivity contribution in [3.8, 4) is 23.0 Å². The van der Waals surface area contributed by atoms with Crippen LogP contribution >= 0.6 is 0 Å². The topological polar surface area (TPSA) is 77.6 Å². The van der Waals surface area contributed by atoms with E-state index in [1.165, 1.54) is 12.1 Å². The fourth-order valence-electron chi connectivity index (χ4n) is 2.84. The van der Waals surface area contributed by atoms with E-state index < -0.39 is 0 Å². The van der Waals surface area contributed by atoms with Crippen LogP contribution in [0.4, 0.5) is 4.39 Å². The van der Waals surface area contributed by atoms with Gasteiger partial charge in [0, 0.05) is 29.4 Å². The van der Waals surface area contributed by atoms with Crippen LogP contribution in [0.2, 0.25) is 0 Å². The molecule has 1 fully saturated rings. The molecule has 1 saturated carbocycles. The summed E-state index contributed by atoms with van der Waals surface area (Å²) in [5, 5.41) is 4.63. The molecule has 3 aromatic heterocycles. The van der Waals surface area contributed by atoms with Gasteiger partial charge in [-0.2, -0.15) is 4.98 Å². The molecular formula is C18H12FN5O. The first-order valence-electron chi connectivity index (χ1n) is 7.98. The summed E-state index contributed by atoms with van der Waals surface area (Å²) in [5.74, 6) is 0.789. The minimum Gasteiger partial charge on any atom is -0.334 e. The van der Waals surface area contributed by atoms with E-state index in [0.717, 1.165) is 24.1 Å². The standard InChI is InChI=1S/C18H12FN5O/c19-11-3-4-14-12(7-11)13(8-15(22-14)10-1-2-10)18-23-17(24-25-18)16-9-20-5-6-21-16/h3-10H,1-2H2. The first-order valence-corrected chi connectivity index (χ1v) is 7.98. The van der Waals surface area contributed by atoms with Crippen molar-refractivity contribution >= 4 is 10.9 Å². The minimum absolute atomic E-state index is 0.320. The summed E-state index contributed by atoms with van der Waals surface area (Å²) in [4.78, 5) is 17.2. The van der Waals surface area contributed by atoms with Crippen LogP contribution in [0.5, 0.6) is 0 Å². The molecule has 5 rings (SSSR count). The molecule has 0 N–H and O–H groups in total. The summed E-state index contributed by atoms with van der Waals surface area (Å²) in [6.07, 6.45) is 6.94. The van der Waals surface area contributed by atoms with Crippen molar-refractivity contribution in [3.63, 3.8) is 0 Å². The molecule has 4 aromatic rings. The number of aromatic nitrogens is 5. The number of halogens is 1. The second-order valence-corrected chi connectivity index (χ2v) is 6.04. The van der Waals surface area contributed by atoms with E-state index >= 15 is 0 Å². The Morgan fingerprint density at radius 1 is 1.08 bits per heavy atom. The zero-order valence-electron chi connectivity index (χ0n) is 13.1. The van der Waals surface area contributed by atoms with Gasteiger partial charge in [-0.1, -0.05) is 5.16 Å². The lowest BCUT2D eigenvalue weighted by Crippen LogP contribution is -1.93. The average Bonchev–Trinajstić information content (AvgIpc) is 3.38. The summed E-state index contributed by atoms with van der Waals surface area (Å²) in [6.45, 7) is 0. The molecule has 0 unspecified atom stereocenters. The molecule has 0 atom stereocenters. The highest BCUT2D eigenvalue weighted by atomic mass is 19.1. The van der Waals surface area contributed by atoms with Crippen molar-refractivity contribution in [2.24, 2.45) is 0 Å². The number of pyridine rings is 1. The smallest absolute Gasteiger partial charge is 0.259 e. The monoisotopic (exact) mass is 333 g/mol. The normalized spacial score (nSPS) is 14.1. The molecule has 0 aliphatic heterocycles. The first-order chi connectivity index (χ1) is 12.3. The number of benzene rings is 1. The number of hydrogen-bond donors (Lipinski definition) is 0. The second-order valence-electron chi connectivity index (χ2n) is 6.04. The third-order valence-electron chi connectivity index (χ3n) is 4.23. The predicted molar refractivity (Wildman–Crippen MR) is 88.0 cm³/mol. The highest BCUT2D eigenvalue weighted by molar-refractivity contribution is 5.92. The van der Waals surface area contributed by atoms with Gasteiger partial charge in [0.05, 0.1) is 17.3 Å². The molecule has 1 aliphatic rings. The van der Waals surface area contributed by atoms with Crippen molar-refractivity contribution in [1.29, 1.82) is 0 Å². The Hall–Kier alpha value is -3.22. The maximum absolute atomic E-state index is 13.8. The van der Waals surface area contributed by atoms with Crippen molar-refractivity contribution < 1.29 is 8.91 Å². The third-order valence-corrected chi connectivity index (χ3v) is 4.23. The Labute approximate surface area is 141 Å². The summed E-state index contributed by atoms with van der Waals surface area (Å²) in [5.41, 5.74) is 2.91. The molecule has 0 radical (unpaired) electrons. The van der Waals surface area contributed by atoms with E-state index in [1.54, 1.807) is 24.7 Å². The second kappa shape index (κ2) is 5.41. The molecule has 25 heavy (non-hydrogen) atoms. The lowest BCUT2D eigenvalue weighted by molar-refractivity contribution is 0.432. The molecular weight excluding hydrogens is 321 g/mol. The highest BCUT2D eigenvalue weighted by Crippen LogP contribution is 2.41. The van der Waals surface area contributed by atoms with Crippen LogP contribution in [0, 0.1) is 5.82 Å². The van der Waals surface area contributed by atoms with Crippen LogP contribution in [0.1, 0.15) is 24.5 Å². The van der Waals surface area contributed by atoms with Crippen LogP contribution < -0.4 is 0 Å². The number of rotatable bonds is 3. The van der Waals surface area contributed by atoms with Gasteiger partial charge in [0.25, 0.3) is 5.89 Å². The molecule has 0 amide bonds. The SMILES string of the molecule is Fc1ccc2nc(C3CC3)cc(-c3nc(-c4cnccn4)no3)c2c1. The van der Waals surface area contributed by atoms with Crippen molar-refractivity contribution in [2.45, 2.75) is 18.8 Å². The van der Waals surface area contributed by atoms with Gasteiger partial charge in [-0.15, -0.1) is 0 Å². The van der Waals surface area contributed by atoms with Crippen LogP contribution in [0.15, 0.2) is 47.4 Å². The van der Waals surface area contributed by atoms with Crippen molar-refractivity contribution in [2.75, 3.05) is 0 Å². The molecule has 0 bridgehead atoms. The van der Waals surface area contributed by atoms with Gasteiger partial charge in [0.1, 0.15) is 11.5 Å². The minimum atomic E-state index is -0.330. The van der Waals surface area contributed by atoms with Gasteiger partial charge in [0.2, 0.25) is 5.82 Å². The maximum Gasteiger partial charge on any atom is 0.259 e. The lowest BCUT2D eigenvalue weighted by Gasteiger charge is -2.06. The van der Waals surface area contributed by atoms with Gasteiger partial charge in [-0.05, 0) is 37.1 Å². The summed E-state index contributed by atoms with van der Waals surface area (Å²) in [6, 6.07) is 6.46. The van der Waals surface area contributed by atoms with Crippen LogP contribution in [0.3, 0.4) is 0 Å². The molecule has 0 saturated heterocycles. The molecule has 6 nitrogen and oxygen atoms in total. The Balaban J connectivity index is 1.69.